The molecule has 0 aliphatic carbocycles. The van der Waals surface area contributed by atoms with Gasteiger partial charge < -0.3 is 29.9 Å². The zero-order valence-corrected chi connectivity index (χ0v) is 27.9. The lowest BCUT2D eigenvalue weighted by Gasteiger charge is -2.43. The van der Waals surface area contributed by atoms with Gasteiger partial charge >= 0.3 is 5.97 Å². The summed E-state index contributed by atoms with van der Waals surface area (Å²) in [4.78, 5) is 28.2. The Morgan fingerprint density at radius 3 is 2.33 bits per heavy atom. The number of ether oxygens (including phenoxy) is 2. The molecule has 9 nitrogen and oxygen atoms in total. The number of likely N-dealkylation sites (tertiary alicyclic amines) is 2. The van der Waals surface area contributed by atoms with Crippen LogP contribution in [0, 0.1) is 5.92 Å². The minimum absolute atomic E-state index is 0.00811. The molecule has 0 bridgehead atoms. The number of rotatable bonds is 13. The number of aliphatic hydroxyl groups is 1. The van der Waals surface area contributed by atoms with Crippen LogP contribution in [0.3, 0.4) is 0 Å². The number of aliphatic hydroxyl groups excluding tert-OH is 1. The molecule has 3 fully saturated rings. The lowest BCUT2D eigenvalue weighted by Crippen LogP contribution is -2.48. The van der Waals surface area contributed by atoms with Gasteiger partial charge in [0, 0.05) is 43.6 Å². The summed E-state index contributed by atoms with van der Waals surface area (Å²) in [5.74, 6) is -1.14. The van der Waals surface area contributed by atoms with Gasteiger partial charge in [0.25, 0.3) is 0 Å². The number of amides is 1. The zero-order chi connectivity index (χ0) is 33.5. The molecule has 0 radical (unpaired) electrons. The predicted molar refractivity (Wildman–Crippen MR) is 184 cm³/mol. The van der Waals surface area contributed by atoms with Gasteiger partial charge in [-0.15, -0.1) is 0 Å². The molecule has 9 heteroatoms. The van der Waals surface area contributed by atoms with Crippen LogP contribution in [0.4, 0.5) is 0 Å². The van der Waals surface area contributed by atoms with Crippen LogP contribution in [0.1, 0.15) is 80.1 Å². The molecule has 3 N–H and O–H groups in total. The van der Waals surface area contributed by atoms with Crippen molar-refractivity contribution in [1.82, 2.24) is 15.1 Å². The second kappa shape index (κ2) is 16.2. The van der Waals surface area contributed by atoms with Crippen LogP contribution in [-0.4, -0.2) is 76.8 Å². The molecule has 6 rings (SSSR count). The van der Waals surface area contributed by atoms with Crippen molar-refractivity contribution in [2.45, 2.75) is 83.1 Å². The SMILES string of the molecule is C[C@@H]1[C@H](CN2CCC[C@H]2CN2CCCC2)O[C@H](c2cccc(-c3cccc(CNC(=O)CCC(=O)O)c3)c2)O[C@@H]1c1ccc(CO)cc1. The molecule has 0 aromatic heterocycles. The number of aliphatic carboxylic acids is 1. The summed E-state index contributed by atoms with van der Waals surface area (Å²) >= 11 is 0. The second-order valence-corrected chi connectivity index (χ2v) is 13.6. The Balaban J connectivity index is 1.20. The molecule has 3 aliphatic heterocycles. The Labute approximate surface area is 283 Å². The fraction of sp³-hybridized carbons (Fsp3) is 0.487. The van der Waals surface area contributed by atoms with Crippen LogP contribution in [0.25, 0.3) is 11.1 Å². The normalized spacial score (nSPS) is 24.9. The summed E-state index contributed by atoms with van der Waals surface area (Å²) in [7, 11) is 0. The highest BCUT2D eigenvalue weighted by atomic mass is 16.7. The van der Waals surface area contributed by atoms with Gasteiger partial charge in [0.2, 0.25) is 5.91 Å². The number of benzene rings is 3. The largest absolute Gasteiger partial charge is 0.481 e. The number of nitrogens with one attached hydrogen (secondary N) is 1. The first-order chi connectivity index (χ1) is 23.4. The van der Waals surface area contributed by atoms with Crippen molar-refractivity contribution in [1.29, 1.82) is 0 Å². The highest BCUT2D eigenvalue weighted by Gasteiger charge is 2.41. The standard InChI is InChI=1S/C39H49N3O6/c1-27-35(25-42-20-6-11-34(42)24-41-18-2-3-19-41)47-39(48-38(27)30-14-12-28(26-43)13-15-30)33-10-5-9-32(22-33)31-8-4-7-29(21-31)23-40-36(44)16-17-37(45)46/h4-5,7-10,12-15,21-22,27,34-35,38-39,43H,2-3,6,11,16-20,23-26H2,1H3,(H,40,44)(H,45,46)/t27-,34+,35+,38+,39+/m1/s1. The van der Waals surface area contributed by atoms with Crippen molar-refractivity contribution in [2.24, 2.45) is 5.92 Å². The summed E-state index contributed by atoms with van der Waals surface area (Å²) < 4.78 is 13.7. The van der Waals surface area contributed by atoms with E-state index in [1.807, 2.05) is 42.5 Å². The van der Waals surface area contributed by atoms with Crippen molar-refractivity contribution in [2.75, 3.05) is 32.7 Å². The van der Waals surface area contributed by atoms with Crippen LogP contribution in [0.5, 0.6) is 0 Å². The summed E-state index contributed by atoms with van der Waals surface area (Å²) in [5, 5.41) is 21.3. The molecule has 0 unspecified atom stereocenters. The van der Waals surface area contributed by atoms with Gasteiger partial charge in [0.05, 0.1) is 25.2 Å². The van der Waals surface area contributed by atoms with Gasteiger partial charge in [-0.3, -0.25) is 14.5 Å². The van der Waals surface area contributed by atoms with Gasteiger partial charge in [-0.25, -0.2) is 0 Å². The third-order valence-electron chi connectivity index (χ3n) is 10.2. The lowest BCUT2D eigenvalue weighted by molar-refractivity contribution is -0.276. The van der Waals surface area contributed by atoms with Crippen molar-refractivity contribution in [3.63, 3.8) is 0 Å². The molecule has 1 amide bonds. The molecule has 5 atom stereocenters. The number of carbonyl (C=O) groups is 2. The van der Waals surface area contributed by atoms with Crippen molar-refractivity contribution in [3.05, 3.63) is 95.1 Å². The van der Waals surface area contributed by atoms with Crippen LogP contribution in [-0.2, 0) is 32.2 Å². The van der Waals surface area contributed by atoms with E-state index >= 15 is 0 Å². The topological polar surface area (TPSA) is 112 Å². The Kier molecular flexibility index (Phi) is 11.6. The molecule has 256 valence electrons. The smallest absolute Gasteiger partial charge is 0.303 e. The summed E-state index contributed by atoms with van der Waals surface area (Å²) in [6, 6.07) is 24.9. The Morgan fingerprint density at radius 1 is 0.833 bits per heavy atom. The van der Waals surface area contributed by atoms with Crippen LogP contribution < -0.4 is 5.32 Å². The van der Waals surface area contributed by atoms with Gasteiger partial charge in [0.1, 0.15) is 0 Å². The molecule has 48 heavy (non-hydrogen) atoms. The molecule has 0 spiro atoms. The average molecular weight is 656 g/mol. The fourth-order valence-electron chi connectivity index (χ4n) is 7.40. The molecule has 3 aliphatic rings. The van der Waals surface area contributed by atoms with E-state index in [0.29, 0.717) is 12.6 Å². The summed E-state index contributed by atoms with van der Waals surface area (Å²) in [5.41, 5.74) is 5.87. The number of carboxylic acid groups (broad SMARTS) is 1. The number of hydrogen-bond donors (Lipinski definition) is 3. The Bertz CT molecular complexity index is 1520. The number of carboxylic acids is 1. The van der Waals surface area contributed by atoms with E-state index in [4.69, 9.17) is 14.6 Å². The highest BCUT2D eigenvalue weighted by molar-refractivity contribution is 5.80. The van der Waals surface area contributed by atoms with Gasteiger partial charge in [-0.2, -0.15) is 0 Å². The number of hydrogen-bond acceptors (Lipinski definition) is 7. The third-order valence-corrected chi connectivity index (χ3v) is 10.2. The van der Waals surface area contributed by atoms with E-state index in [1.165, 1.54) is 38.8 Å². The summed E-state index contributed by atoms with van der Waals surface area (Å²) in [6.45, 7) is 8.09. The van der Waals surface area contributed by atoms with Gasteiger partial charge in [-0.1, -0.05) is 67.6 Å². The third kappa shape index (κ3) is 8.70. The first kappa shape index (κ1) is 34.3. The van der Waals surface area contributed by atoms with E-state index in [0.717, 1.165) is 53.0 Å². The van der Waals surface area contributed by atoms with Crippen molar-refractivity contribution >= 4 is 11.9 Å². The fourth-order valence-corrected chi connectivity index (χ4v) is 7.40. The second-order valence-electron chi connectivity index (χ2n) is 13.6. The van der Waals surface area contributed by atoms with Crippen molar-refractivity contribution in [3.8, 4) is 11.1 Å². The van der Waals surface area contributed by atoms with E-state index in [1.54, 1.807) is 0 Å². The van der Waals surface area contributed by atoms with Crippen LogP contribution in [0.15, 0.2) is 72.8 Å². The minimum Gasteiger partial charge on any atom is -0.481 e. The van der Waals surface area contributed by atoms with E-state index < -0.39 is 12.3 Å². The first-order valence-electron chi connectivity index (χ1n) is 17.5. The van der Waals surface area contributed by atoms with E-state index in [2.05, 4.69) is 52.4 Å². The van der Waals surface area contributed by atoms with E-state index in [9.17, 15) is 14.7 Å². The molecule has 3 saturated heterocycles. The number of nitrogens with zero attached hydrogens (tertiary/aromatic N) is 2. The predicted octanol–water partition coefficient (Wildman–Crippen LogP) is 5.68. The van der Waals surface area contributed by atoms with Gasteiger partial charge in [0.15, 0.2) is 6.29 Å². The number of carbonyl (C=O) groups excluding carboxylic acids is 1. The Hall–Kier alpha value is -3.60. The first-order valence-corrected chi connectivity index (χ1v) is 17.5. The molecule has 0 saturated carbocycles. The minimum atomic E-state index is -0.984. The molecule has 3 aromatic carbocycles. The molecule has 3 aromatic rings. The summed E-state index contributed by atoms with van der Waals surface area (Å²) in [6.07, 6.45) is 4.09. The average Bonchev–Trinajstić information content (AvgIpc) is 3.80. The van der Waals surface area contributed by atoms with Crippen LogP contribution in [0.2, 0.25) is 0 Å². The monoisotopic (exact) mass is 655 g/mol. The Morgan fingerprint density at radius 2 is 1.58 bits per heavy atom. The van der Waals surface area contributed by atoms with Crippen LogP contribution >= 0.6 is 0 Å². The quantitative estimate of drug-likeness (QED) is 0.216. The highest BCUT2D eigenvalue weighted by Crippen LogP contribution is 2.43. The maximum absolute atomic E-state index is 12.1. The maximum atomic E-state index is 12.1. The lowest BCUT2D eigenvalue weighted by atomic mass is 9.89. The van der Waals surface area contributed by atoms with E-state index in [-0.39, 0.29) is 43.5 Å². The molecular formula is C39H49N3O6. The van der Waals surface area contributed by atoms with Gasteiger partial charge in [-0.05, 0) is 85.3 Å². The zero-order valence-electron chi connectivity index (χ0n) is 27.9. The van der Waals surface area contributed by atoms with Crippen molar-refractivity contribution < 1.29 is 29.3 Å². The maximum Gasteiger partial charge on any atom is 0.303 e. The molecule has 3 heterocycles. The molecular weight excluding hydrogens is 606 g/mol.